The van der Waals surface area contributed by atoms with E-state index in [1.165, 1.54) is 32.6 Å². The Bertz CT molecular complexity index is 741. The third kappa shape index (κ3) is 7.46. The maximum Gasteiger partial charge on any atom is 0.308 e. The van der Waals surface area contributed by atoms with Crippen LogP contribution in [-0.4, -0.2) is 121 Å². The van der Waals surface area contributed by atoms with Crippen molar-refractivity contribution >= 4 is 5.97 Å². The van der Waals surface area contributed by atoms with Crippen LogP contribution >= 0.6 is 0 Å². The fourth-order valence-electron chi connectivity index (χ4n) is 5.18. The molecule has 0 saturated carbocycles. The number of rotatable bonds is 17. The van der Waals surface area contributed by atoms with Crippen LogP contribution in [-0.2, 0) is 23.7 Å². The zero-order valence-electron chi connectivity index (χ0n) is 23.0. The second-order valence-electron chi connectivity index (χ2n) is 10.5. The summed E-state index contributed by atoms with van der Waals surface area (Å²) in [6.07, 6.45) is -2.32. The van der Waals surface area contributed by atoms with Crippen molar-refractivity contribution in [1.82, 2.24) is 0 Å². The number of hydrogen-bond donors (Lipinski definition) is 8. The van der Waals surface area contributed by atoms with Gasteiger partial charge in [-0.3, -0.25) is 4.79 Å². The van der Waals surface area contributed by atoms with Crippen molar-refractivity contribution in [2.24, 2.45) is 0 Å². The lowest BCUT2D eigenvalue weighted by Gasteiger charge is -2.55. The van der Waals surface area contributed by atoms with Crippen molar-refractivity contribution < 1.29 is 64.6 Å². The summed E-state index contributed by atoms with van der Waals surface area (Å²) in [5.74, 6) is -9.11. The van der Waals surface area contributed by atoms with Gasteiger partial charge in [-0.1, -0.05) is 65.2 Å². The average Bonchev–Trinajstić information content (AvgIpc) is 3.17. The van der Waals surface area contributed by atoms with Gasteiger partial charge in [0.2, 0.25) is 11.6 Å². The van der Waals surface area contributed by atoms with Gasteiger partial charge in [-0.25, -0.2) is 0 Å². The van der Waals surface area contributed by atoms with Gasteiger partial charge >= 0.3 is 5.97 Å². The lowest BCUT2D eigenvalue weighted by Crippen LogP contribution is -2.77. The van der Waals surface area contributed by atoms with Crippen LogP contribution in [0.4, 0.5) is 0 Å². The summed E-state index contributed by atoms with van der Waals surface area (Å²) in [5.41, 5.74) is 0. The molecule has 39 heavy (non-hydrogen) atoms. The molecule has 0 bridgehead atoms. The maximum atomic E-state index is 12.8. The van der Waals surface area contributed by atoms with Crippen molar-refractivity contribution in [3.05, 3.63) is 0 Å². The third-order valence-corrected chi connectivity index (χ3v) is 7.64. The van der Waals surface area contributed by atoms with Crippen LogP contribution in [0.25, 0.3) is 0 Å². The number of aliphatic hydroxyl groups excluding tert-OH is 7. The molecule has 13 heteroatoms. The predicted octanol–water partition coefficient (Wildman–Crippen LogP) is -0.824. The van der Waals surface area contributed by atoms with E-state index in [9.17, 15) is 45.6 Å². The van der Waals surface area contributed by atoms with Gasteiger partial charge in [0.1, 0.15) is 37.1 Å². The molecule has 2 aliphatic heterocycles. The van der Waals surface area contributed by atoms with E-state index in [2.05, 4.69) is 6.92 Å². The molecular weight excluding hydrogens is 520 g/mol. The van der Waals surface area contributed by atoms with Gasteiger partial charge in [0.15, 0.2) is 6.10 Å². The fourth-order valence-corrected chi connectivity index (χ4v) is 5.18. The minimum atomic E-state index is -3.09. The molecule has 0 aliphatic carbocycles. The van der Waals surface area contributed by atoms with Gasteiger partial charge < -0.3 is 59.8 Å². The Morgan fingerprint density at radius 2 is 1.28 bits per heavy atom. The Morgan fingerprint density at radius 1 is 0.769 bits per heavy atom. The number of unbranched alkanes of at least 4 members (excludes halogenated alkanes) is 8. The van der Waals surface area contributed by atoms with E-state index in [0.717, 1.165) is 25.7 Å². The number of aliphatic hydroxyl groups is 8. The molecule has 0 aromatic carbocycles. The van der Waals surface area contributed by atoms with E-state index >= 15 is 0 Å². The quantitative estimate of drug-likeness (QED) is 0.0612. The standard InChI is InChI=1S/C26H48O13/c1-3-5-6-7-8-9-10-11-12-13-19(30)38-26(35)23(34)21(32)18(15-28)37-25(26,4-2)39-24(16-29)22(33)20(31)17(14-27)36-24/h17-18,20-23,27-29,31-35H,3-16H2,1-2H3/t17-,18-,20-,21-,22+,23+,24?,25+,26+/m1/s1. The van der Waals surface area contributed by atoms with E-state index in [4.69, 9.17) is 18.9 Å². The molecule has 0 amide bonds. The predicted molar refractivity (Wildman–Crippen MR) is 135 cm³/mol. The minimum absolute atomic E-state index is 0.125. The van der Waals surface area contributed by atoms with Gasteiger partial charge in [-0.15, -0.1) is 0 Å². The van der Waals surface area contributed by atoms with Crippen molar-refractivity contribution in [3.63, 3.8) is 0 Å². The van der Waals surface area contributed by atoms with Crippen LogP contribution in [0.3, 0.4) is 0 Å². The first-order valence-corrected chi connectivity index (χ1v) is 14.1. The first-order chi connectivity index (χ1) is 18.5. The van der Waals surface area contributed by atoms with Gasteiger partial charge in [-0.05, 0) is 6.42 Å². The zero-order chi connectivity index (χ0) is 29.3. The third-order valence-electron chi connectivity index (χ3n) is 7.64. The average molecular weight is 569 g/mol. The van der Waals surface area contributed by atoms with E-state index < -0.39 is 86.2 Å². The maximum absolute atomic E-state index is 12.8. The Kier molecular flexibility index (Phi) is 13.4. The Labute approximate surface area is 229 Å². The molecule has 2 saturated heterocycles. The Balaban J connectivity index is 2.19. The van der Waals surface area contributed by atoms with E-state index in [0.29, 0.717) is 6.42 Å². The molecular formula is C26H48O13. The summed E-state index contributed by atoms with van der Waals surface area (Å²) in [5, 5.41) is 83.1. The van der Waals surface area contributed by atoms with Gasteiger partial charge in [0, 0.05) is 12.8 Å². The number of esters is 1. The van der Waals surface area contributed by atoms with Crippen LogP contribution in [0.1, 0.15) is 84.5 Å². The highest BCUT2D eigenvalue weighted by Crippen LogP contribution is 2.47. The first-order valence-electron chi connectivity index (χ1n) is 14.1. The fraction of sp³-hybridized carbons (Fsp3) is 0.962. The normalized spacial score (nSPS) is 38.7. The molecule has 8 N–H and O–H groups in total. The Hall–Kier alpha value is -0.970. The molecule has 230 valence electrons. The SMILES string of the molecule is CCCCCCCCCCCC(=O)O[C@@]1(O)[C@@H](O)[C@H](O)[C@@H](CO)O[C@@]1(CC)OC1(CO)O[C@H](CO)[C@@H](O)[C@@H]1O. The van der Waals surface area contributed by atoms with Crippen LogP contribution in [0.5, 0.6) is 0 Å². The summed E-state index contributed by atoms with van der Waals surface area (Å²) in [4.78, 5) is 12.8. The topological polar surface area (TPSA) is 216 Å². The number of hydrogen-bond acceptors (Lipinski definition) is 13. The van der Waals surface area contributed by atoms with Crippen molar-refractivity contribution in [2.75, 3.05) is 19.8 Å². The molecule has 9 atom stereocenters. The Morgan fingerprint density at radius 3 is 1.77 bits per heavy atom. The molecule has 13 nitrogen and oxygen atoms in total. The molecule has 0 aromatic heterocycles. The molecule has 0 spiro atoms. The van der Waals surface area contributed by atoms with Crippen LogP contribution < -0.4 is 0 Å². The summed E-state index contributed by atoms with van der Waals surface area (Å²) in [7, 11) is 0. The van der Waals surface area contributed by atoms with Gasteiger partial charge in [-0.2, -0.15) is 0 Å². The number of ether oxygens (including phenoxy) is 4. The molecule has 2 aliphatic rings. The second-order valence-corrected chi connectivity index (χ2v) is 10.5. The molecule has 1 unspecified atom stereocenters. The van der Waals surface area contributed by atoms with E-state index in [1.807, 2.05) is 0 Å². The van der Waals surface area contributed by atoms with E-state index in [1.54, 1.807) is 0 Å². The smallest absolute Gasteiger partial charge is 0.308 e. The summed E-state index contributed by atoms with van der Waals surface area (Å²) in [6.45, 7) is 0.831. The van der Waals surface area contributed by atoms with Crippen LogP contribution in [0, 0.1) is 0 Å². The minimum Gasteiger partial charge on any atom is -0.424 e. The molecule has 2 rings (SSSR count). The van der Waals surface area contributed by atoms with Crippen LogP contribution in [0.2, 0.25) is 0 Å². The number of carbonyl (C=O) groups excluding carboxylic acids is 1. The largest absolute Gasteiger partial charge is 0.424 e. The van der Waals surface area contributed by atoms with Gasteiger partial charge in [0.05, 0.1) is 13.2 Å². The molecule has 0 aromatic rings. The highest BCUT2D eigenvalue weighted by Gasteiger charge is 2.71. The lowest BCUT2D eigenvalue weighted by molar-refractivity contribution is -0.496. The van der Waals surface area contributed by atoms with Crippen molar-refractivity contribution in [3.8, 4) is 0 Å². The van der Waals surface area contributed by atoms with Gasteiger partial charge in [0.25, 0.3) is 5.79 Å². The molecule has 2 fully saturated rings. The van der Waals surface area contributed by atoms with Crippen LogP contribution in [0.15, 0.2) is 0 Å². The lowest BCUT2D eigenvalue weighted by atomic mass is 9.86. The summed E-state index contributed by atoms with van der Waals surface area (Å²) < 4.78 is 22.1. The molecule has 2 heterocycles. The second kappa shape index (κ2) is 15.3. The highest BCUT2D eigenvalue weighted by atomic mass is 16.8. The van der Waals surface area contributed by atoms with Crippen molar-refractivity contribution in [2.45, 2.75) is 138 Å². The first kappa shape index (κ1) is 34.2. The zero-order valence-corrected chi connectivity index (χ0v) is 23.0. The molecule has 0 radical (unpaired) electrons. The van der Waals surface area contributed by atoms with E-state index in [-0.39, 0.29) is 6.42 Å². The summed E-state index contributed by atoms with van der Waals surface area (Å²) >= 11 is 0. The highest BCUT2D eigenvalue weighted by molar-refractivity contribution is 5.70. The number of carbonyl (C=O) groups is 1. The van der Waals surface area contributed by atoms with Crippen molar-refractivity contribution in [1.29, 1.82) is 0 Å². The summed E-state index contributed by atoms with van der Waals surface area (Å²) in [6, 6.07) is 0. The monoisotopic (exact) mass is 568 g/mol.